The highest BCUT2D eigenvalue weighted by Gasteiger charge is 2.13. The summed E-state index contributed by atoms with van der Waals surface area (Å²) in [5.74, 6) is 0.0537. The number of carbonyl (C=O) groups excluding carboxylic acids is 1. The second kappa shape index (κ2) is 6.37. The summed E-state index contributed by atoms with van der Waals surface area (Å²) in [6.07, 6.45) is 1.39. The van der Waals surface area contributed by atoms with Gasteiger partial charge >= 0.3 is 0 Å². The second-order valence-corrected chi connectivity index (χ2v) is 4.99. The van der Waals surface area contributed by atoms with Crippen molar-refractivity contribution in [3.05, 3.63) is 47.3 Å². The van der Waals surface area contributed by atoms with Crippen LogP contribution in [0, 0.1) is 13.8 Å². The number of hydrogen-bond acceptors (Lipinski definition) is 2. The molecule has 0 spiro atoms. The summed E-state index contributed by atoms with van der Waals surface area (Å²) in [5.41, 5.74) is 3.91. The molecule has 1 heterocycles. The van der Waals surface area contributed by atoms with Crippen LogP contribution in [0.5, 0.6) is 0 Å². The van der Waals surface area contributed by atoms with Crippen LogP contribution in [0.4, 0.5) is 5.69 Å². The minimum atomic E-state index is 0.0537. The van der Waals surface area contributed by atoms with Crippen molar-refractivity contribution in [3.63, 3.8) is 0 Å². The van der Waals surface area contributed by atoms with Gasteiger partial charge in [-0.1, -0.05) is 37.3 Å². The van der Waals surface area contributed by atoms with E-state index in [1.807, 2.05) is 43.7 Å². The smallest absolute Gasteiger partial charge is 0.224 e. The van der Waals surface area contributed by atoms with Gasteiger partial charge in [-0.15, -0.1) is 0 Å². The molecule has 0 saturated heterocycles. The third-order valence-corrected chi connectivity index (χ3v) is 3.30. The van der Waals surface area contributed by atoms with Gasteiger partial charge in [-0.25, -0.2) is 0 Å². The van der Waals surface area contributed by atoms with E-state index in [0.29, 0.717) is 6.42 Å². The molecule has 4 heteroatoms. The zero-order valence-corrected chi connectivity index (χ0v) is 12.3. The number of amides is 1. The Bertz CT molecular complexity index is 587. The first-order chi connectivity index (χ1) is 9.61. The fraction of sp³-hybridized carbons (Fsp3) is 0.375. The Morgan fingerprint density at radius 3 is 2.60 bits per heavy atom. The van der Waals surface area contributed by atoms with Crippen molar-refractivity contribution in [1.82, 2.24) is 9.78 Å². The average molecular weight is 271 g/mol. The van der Waals surface area contributed by atoms with Crippen LogP contribution < -0.4 is 5.32 Å². The van der Waals surface area contributed by atoms with E-state index < -0.39 is 0 Å². The molecule has 4 nitrogen and oxygen atoms in total. The van der Waals surface area contributed by atoms with Gasteiger partial charge in [-0.05, 0) is 25.8 Å². The molecule has 106 valence electrons. The van der Waals surface area contributed by atoms with Crippen LogP contribution in [-0.4, -0.2) is 15.7 Å². The minimum Gasteiger partial charge on any atom is -0.323 e. The van der Waals surface area contributed by atoms with Gasteiger partial charge in [0, 0.05) is 6.42 Å². The van der Waals surface area contributed by atoms with Crippen molar-refractivity contribution in [1.29, 1.82) is 0 Å². The number of hydrogen-bond donors (Lipinski definition) is 1. The maximum absolute atomic E-state index is 11.7. The topological polar surface area (TPSA) is 46.9 Å². The molecule has 2 aromatic rings. The maximum Gasteiger partial charge on any atom is 0.224 e. The predicted octanol–water partition coefficient (Wildman–Crippen LogP) is 3.29. The van der Waals surface area contributed by atoms with Crippen LogP contribution in [-0.2, 0) is 11.3 Å². The summed E-state index contributed by atoms with van der Waals surface area (Å²) < 4.78 is 1.94. The first-order valence-electron chi connectivity index (χ1n) is 6.99. The molecule has 1 aromatic carbocycles. The van der Waals surface area contributed by atoms with Crippen LogP contribution >= 0.6 is 0 Å². The molecule has 0 fully saturated rings. The normalized spacial score (nSPS) is 10.6. The van der Waals surface area contributed by atoms with Crippen molar-refractivity contribution in [2.24, 2.45) is 0 Å². The lowest BCUT2D eigenvalue weighted by Crippen LogP contribution is -2.12. The monoisotopic (exact) mass is 271 g/mol. The third kappa shape index (κ3) is 3.26. The highest BCUT2D eigenvalue weighted by Crippen LogP contribution is 2.20. The molecular formula is C16H21N3O. The Kier molecular flexibility index (Phi) is 4.56. The number of anilines is 1. The van der Waals surface area contributed by atoms with Gasteiger partial charge in [0.05, 0.1) is 23.6 Å². The summed E-state index contributed by atoms with van der Waals surface area (Å²) >= 11 is 0. The zero-order chi connectivity index (χ0) is 14.5. The van der Waals surface area contributed by atoms with Gasteiger partial charge in [0.15, 0.2) is 0 Å². The van der Waals surface area contributed by atoms with Crippen LogP contribution in [0.1, 0.15) is 36.7 Å². The number of aromatic nitrogens is 2. The van der Waals surface area contributed by atoms with Crippen LogP contribution in [0.15, 0.2) is 30.3 Å². The standard InChI is InChI=1S/C16H21N3O/c1-4-8-15(20)17-16-12(2)18-19(13(16)3)11-14-9-6-5-7-10-14/h5-7,9-10H,4,8,11H2,1-3H3,(H,17,20). The quantitative estimate of drug-likeness (QED) is 0.907. The van der Waals surface area contributed by atoms with Crippen molar-refractivity contribution in [3.8, 4) is 0 Å². The third-order valence-electron chi connectivity index (χ3n) is 3.30. The van der Waals surface area contributed by atoms with Gasteiger partial charge < -0.3 is 5.32 Å². The molecule has 1 N–H and O–H groups in total. The first kappa shape index (κ1) is 14.3. The Hall–Kier alpha value is -2.10. The van der Waals surface area contributed by atoms with Gasteiger partial charge in [0.1, 0.15) is 0 Å². The molecule has 0 bridgehead atoms. The fourth-order valence-corrected chi connectivity index (χ4v) is 2.22. The highest BCUT2D eigenvalue weighted by atomic mass is 16.1. The zero-order valence-electron chi connectivity index (χ0n) is 12.3. The molecule has 0 atom stereocenters. The Balaban J connectivity index is 2.18. The second-order valence-electron chi connectivity index (χ2n) is 4.99. The SMILES string of the molecule is CCCC(=O)Nc1c(C)nn(Cc2ccccc2)c1C. The van der Waals surface area contributed by atoms with Crippen molar-refractivity contribution >= 4 is 11.6 Å². The number of carbonyl (C=O) groups is 1. The summed E-state index contributed by atoms with van der Waals surface area (Å²) in [5, 5.41) is 7.48. The summed E-state index contributed by atoms with van der Waals surface area (Å²) in [7, 11) is 0. The van der Waals surface area contributed by atoms with Crippen molar-refractivity contribution in [2.75, 3.05) is 5.32 Å². The lowest BCUT2D eigenvalue weighted by molar-refractivity contribution is -0.116. The lowest BCUT2D eigenvalue weighted by Gasteiger charge is -2.07. The van der Waals surface area contributed by atoms with E-state index in [2.05, 4.69) is 22.5 Å². The van der Waals surface area contributed by atoms with E-state index in [-0.39, 0.29) is 5.91 Å². The van der Waals surface area contributed by atoms with Crippen molar-refractivity contribution in [2.45, 2.75) is 40.2 Å². The first-order valence-corrected chi connectivity index (χ1v) is 6.99. The number of nitrogens with zero attached hydrogens (tertiary/aromatic N) is 2. The van der Waals surface area contributed by atoms with Crippen molar-refractivity contribution < 1.29 is 4.79 Å². The van der Waals surface area contributed by atoms with E-state index in [1.54, 1.807) is 0 Å². The predicted molar refractivity (Wildman–Crippen MR) is 80.8 cm³/mol. The summed E-state index contributed by atoms with van der Waals surface area (Å²) in [6.45, 7) is 6.63. The fourth-order valence-electron chi connectivity index (χ4n) is 2.22. The lowest BCUT2D eigenvalue weighted by atomic mass is 10.2. The van der Waals surface area contributed by atoms with E-state index in [9.17, 15) is 4.79 Å². The van der Waals surface area contributed by atoms with Gasteiger partial charge in [0.25, 0.3) is 0 Å². The molecule has 2 rings (SSSR count). The van der Waals surface area contributed by atoms with E-state index >= 15 is 0 Å². The van der Waals surface area contributed by atoms with Crippen LogP contribution in [0.3, 0.4) is 0 Å². The molecule has 0 aliphatic heterocycles. The number of aryl methyl sites for hydroxylation is 1. The van der Waals surface area contributed by atoms with Gasteiger partial charge in [-0.3, -0.25) is 9.48 Å². The van der Waals surface area contributed by atoms with E-state index in [4.69, 9.17) is 0 Å². The van der Waals surface area contributed by atoms with Crippen LogP contribution in [0.25, 0.3) is 0 Å². The average Bonchev–Trinajstić information content (AvgIpc) is 2.68. The van der Waals surface area contributed by atoms with Crippen LogP contribution in [0.2, 0.25) is 0 Å². The molecule has 0 aliphatic rings. The Morgan fingerprint density at radius 1 is 1.25 bits per heavy atom. The minimum absolute atomic E-state index is 0.0537. The van der Waals surface area contributed by atoms with E-state index in [0.717, 1.165) is 30.0 Å². The molecule has 0 radical (unpaired) electrons. The van der Waals surface area contributed by atoms with Gasteiger partial charge in [-0.2, -0.15) is 5.10 Å². The van der Waals surface area contributed by atoms with Gasteiger partial charge in [0.2, 0.25) is 5.91 Å². The summed E-state index contributed by atoms with van der Waals surface area (Å²) in [4.78, 5) is 11.7. The molecule has 20 heavy (non-hydrogen) atoms. The molecular weight excluding hydrogens is 250 g/mol. The number of rotatable bonds is 5. The number of benzene rings is 1. The number of nitrogens with one attached hydrogen (secondary N) is 1. The maximum atomic E-state index is 11.7. The largest absolute Gasteiger partial charge is 0.323 e. The Labute approximate surface area is 119 Å². The highest BCUT2D eigenvalue weighted by molar-refractivity contribution is 5.91. The van der Waals surface area contributed by atoms with E-state index in [1.165, 1.54) is 5.56 Å². The molecule has 0 aliphatic carbocycles. The summed E-state index contributed by atoms with van der Waals surface area (Å²) in [6, 6.07) is 10.2. The molecule has 0 saturated carbocycles. The molecule has 1 aromatic heterocycles. The molecule has 0 unspecified atom stereocenters. The molecule has 1 amide bonds. The Morgan fingerprint density at radius 2 is 1.95 bits per heavy atom.